The molecule has 1 aromatic rings. The molecular weight excluding hydrogens is 310 g/mol. The van der Waals surface area contributed by atoms with Crippen molar-refractivity contribution in [2.45, 2.75) is 32.6 Å². The summed E-state index contributed by atoms with van der Waals surface area (Å²) >= 11 is 0. The van der Waals surface area contributed by atoms with E-state index in [9.17, 15) is 4.79 Å². The van der Waals surface area contributed by atoms with Crippen LogP contribution in [0.2, 0.25) is 0 Å². The molecule has 1 amide bonds. The zero-order chi connectivity index (χ0) is 17.6. The van der Waals surface area contributed by atoms with Crippen molar-refractivity contribution >= 4 is 5.91 Å². The summed E-state index contributed by atoms with van der Waals surface area (Å²) in [6, 6.07) is 10.8. The SMILES string of the molecule is CC[NH+]1CCN(C(=O)C2CC[NH+](C[C@H](C)c3ccccc3)CC2)CC1. The summed E-state index contributed by atoms with van der Waals surface area (Å²) in [4.78, 5) is 18.3. The van der Waals surface area contributed by atoms with Crippen molar-refractivity contribution in [3.05, 3.63) is 35.9 Å². The van der Waals surface area contributed by atoms with Gasteiger partial charge in [-0.1, -0.05) is 37.3 Å². The monoisotopic (exact) mass is 345 g/mol. The van der Waals surface area contributed by atoms with Crippen LogP contribution < -0.4 is 9.80 Å². The number of piperidine rings is 1. The predicted octanol–water partition coefficient (Wildman–Crippen LogP) is -0.168. The van der Waals surface area contributed by atoms with Gasteiger partial charge in [-0.2, -0.15) is 0 Å². The first kappa shape index (κ1) is 18.4. The maximum Gasteiger partial charge on any atom is 0.226 e. The molecular formula is C21H35N3O+2. The van der Waals surface area contributed by atoms with Gasteiger partial charge < -0.3 is 14.7 Å². The van der Waals surface area contributed by atoms with E-state index in [4.69, 9.17) is 0 Å². The number of hydrogen-bond donors (Lipinski definition) is 2. The lowest BCUT2D eigenvalue weighted by Crippen LogP contribution is -3.14. The molecule has 2 aliphatic rings. The normalized spacial score (nSPS) is 26.4. The van der Waals surface area contributed by atoms with Crippen LogP contribution in [0.5, 0.6) is 0 Å². The Morgan fingerprint density at radius 2 is 1.72 bits per heavy atom. The zero-order valence-corrected chi connectivity index (χ0v) is 16.0. The molecule has 2 aliphatic heterocycles. The molecule has 4 heteroatoms. The van der Waals surface area contributed by atoms with Crippen molar-refractivity contribution in [1.82, 2.24) is 4.90 Å². The third kappa shape index (κ3) is 4.83. The van der Waals surface area contributed by atoms with Gasteiger partial charge in [-0.3, -0.25) is 4.79 Å². The molecule has 138 valence electrons. The summed E-state index contributed by atoms with van der Waals surface area (Å²) in [7, 11) is 0. The molecule has 0 aromatic heterocycles. The topological polar surface area (TPSA) is 29.2 Å². The highest BCUT2D eigenvalue weighted by molar-refractivity contribution is 5.79. The van der Waals surface area contributed by atoms with Gasteiger partial charge in [0.15, 0.2) is 0 Å². The number of hydrogen-bond acceptors (Lipinski definition) is 1. The molecule has 0 radical (unpaired) electrons. The van der Waals surface area contributed by atoms with Gasteiger partial charge in [0.25, 0.3) is 0 Å². The summed E-state index contributed by atoms with van der Waals surface area (Å²) in [6.45, 7) is 13.4. The molecule has 1 aromatic carbocycles. The molecule has 2 saturated heterocycles. The van der Waals surface area contributed by atoms with Gasteiger partial charge in [0.1, 0.15) is 0 Å². The Bertz CT molecular complexity index is 531. The molecule has 4 nitrogen and oxygen atoms in total. The number of amides is 1. The molecule has 2 heterocycles. The molecule has 0 unspecified atom stereocenters. The van der Waals surface area contributed by atoms with Crippen LogP contribution in [0, 0.1) is 5.92 Å². The van der Waals surface area contributed by atoms with Crippen LogP contribution in [0.1, 0.15) is 38.2 Å². The number of nitrogens with one attached hydrogen (secondary N) is 2. The molecule has 0 spiro atoms. The van der Waals surface area contributed by atoms with Gasteiger partial charge in [-0.05, 0) is 12.5 Å². The summed E-state index contributed by atoms with van der Waals surface area (Å²) in [5, 5.41) is 0. The lowest BCUT2D eigenvalue weighted by molar-refractivity contribution is -0.907. The molecule has 0 bridgehead atoms. The van der Waals surface area contributed by atoms with Crippen LogP contribution in [0.3, 0.4) is 0 Å². The molecule has 0 saturated carbocycles. The highest BCUT2D eigenvalue weighted by Crippen LogP contribution is 2.16. The smallest absolute Gasteiger partial charge is 0.226 e. The number of benzene rings is 1. The van der Waals surface area contributed by atoms with Gasteiger partial charge in [0, 0.05) is 24.7 Å². The minimum atomic E-state index is 0.277. The maximum atomic E-state index is 12.8. The Kier molecular flexibility index (Phi) is 6.49. The van der Waals surface area contributed by atoms with Gasteiger partial charge in [0.2, 0.25) is 5.91 Å². The average Bonchev–Trinajstić information content (AvgIpc) is 2.69. The van der Waals surface area contributed by atoms with Gasteiger partial charge >= 0.3 is 0 Å². The lowest BCUT2D eigenvalue weighted by Gasteiger charge is -2.36. The molecule has 0 aliphatic carbocycles. The summed E-state index contributed by atoms with van der Waals surface area (Å²) in [5.41, 5.74) is 1.43. The Morgan fingerprint density at radius 1 is 1.08 bits per heavy atom. The van der Waals surface area contributed by atoms with E-state index in [0.29, 0.717) is 11.8 Å². The first-order valence-electron chi connectivity index (χ1n) is 10.2. The second-order valence-corrected chi connectivity index (χ2v) is 7.97. The first-order valence-corrected chi connectivity index (χ1v) is 10.2. The van der Waals surface area contributed by atoms with E-state index in [2.05, 4.69) is 49.1 Å². The predicted molar refractivity (Wildman–Crippen MR) is 101 cm³/mol. The molecule has 1 atom stereocenters. The minimum Gasteiger partial charge on any atom is -0.334 e. The van der Waals surface area contributed by atoms with Crippen LogP contribution in [-0.2, 0) is 4.79 Å². The van der Waals surface area contributed by atoms with Gasteiger partial charge in [-0.25, -0.2) is 0 Å². The molecule has 3 rings (SSSR count). The fourth-order valence-electron chi connectivity index (χ4n) is 4.46. The van der Waals surface area contributed by atoms with Crippen molar-refractivity contribution in [1.29, 1.82) is 0 Å². The highest BCUT2D eigenvalue weighted by atomic mass is 16.2. The van der Waals surface area contributed by atoms with E-state index in [1.54, 1.807) is 9.80 Å². The zero-order valence-electron chi connectivity index (χ0n) is 16.0. The average molecular weight is 346 g/mol. The Morgan fingerprint density at radius 3 is 2.32 bits per heavy atom. The van der Waals surface area contributed by atoms with Crippen molar-refractivity contribution in [2.75, 3.05) is 52.4 Å². The van der Waals surface area contributed by atoms with E-state index in [0.717, 1.165) is 52.1 Å². The van der Waals surface area contributed by atoms with E-state index in [1.807, 2.05) is 0 Å². The third-order valence-corrected chi connectivity index (χ3v) is 6.29. The number of quaternary nitrogens is 2. The summed E-state index contributed by atoms with van der Waals surface area (Å²) < 4.78 is 0. The fourth-order valence-corrected chi connectivity index (χ4v) is 4.46. The molecule has 2 N–H and O–H groups in total. The lowest BCUT2D eigenvalue weighted by atomic mass is 9.93. The summed E-state index contributed by atoms with van der Waals surface area (Å²) in [5.74, 6) is 1.30. The third-order valence-electron chi connectivity index (χ3n) is 6.29. The molecule has 2 fully saturated rings. The van der Waals surface area contributed by atoms with Crippen molar-refractivity contribution in [3.8, 4) is 0 Å². The van der Waals surface area contributed by atoms with E-state index < -0.39 is 0 Å². The fraction of sp³-hybridized carbons (Fsp3) is 0.667. The standard InChI is InChI=1S/C21H33N3O/c1-3-22-13-15-24(16-14-22)21(25)20-9-11-23(12-10-20)17-18(2)19-7-5-4-6-8-19/h4-8,18,20H,3,9-17H2,1-2H3/p+2/t18-/m0/s1. The molecule has 25 heavy (non-hydrogen) atoms. The van der Waals surface area contributed by atoms with Crippen LogP contribution in [0.25, 0.3) is 0 Å². The number of likely N-dealkylation sites (tertiary alicyclic amines) is 1. The van der Waals surface area contributed by atoms with Crippen LogP contribution in [-0.4, -0.2) is 63.2 Å². The number of likely N-dealkylation sites (N-methyl/N-ethyl adjacent to an activating group) is 1. The summed E-state index contributed by atoms with van der Waals surface area (Å²) in [6.07, 6.45) is 2.13. The van der Waals surface area contributed by atoms with Crippen LogP contribution in [0.4, 0.5) is 0 Å². The number of piperazine rings is 1. The van der Waals surface area contributed by atoms with Crippen molar-refractivity contribution in [3.63, 3.8) is 0 Å². The second kappa shape index (κ2) is 8.81. The number of rotatable bonds is 5. The van der Waals surface area contributed by atoms with Crippen LogP contribution >= 0.6 is 0 Å². The number of carbonyl (C=O) groups excluding carboxylic acids is 1. The van der Waals surface area contributed by atoms with E-state index in [1.165, 1.54) is 18.7 Å². The van der Waals surface area contributed by atoms with E-state index in [-0.39, 0.29) is 5.92 Å². The van der Waals surface area contributed by atoms with Gasteiger partial charge in [0.05, 0.1) is 52.4 Å². The van der Waals surface area contributed by atoms with E-state index >= 15 is 0 Å². The number of carbonyl (C=O) groups is 1. The second-order valence-electron chi connectivity index (χ2n) is 7.97. The Balaban J connectivity index is 1.43. The van der Waals surface area contributed by atoms with Crippen molar-refractivity contribution < 1.29 is 14.6 Å². The van der Waals surface area contributed by atoms with Crippen molar-refractivity contribution in [2.24, 2.45) is 5.92 Å². The maximum absolute atomic E-state index is 12.8. The quantitative estimate of drug-likeness (QED) is 0.763. The first-order chi connectivity index (χ1) is 12.2. The minimum absolute atomic E-state index is 0.277. The highest BCUT2D eigenvalue weighted by Gasteiger charge is 2.33. The largest absolute Gasteiger partial charge is 0.334 e. The van der Waals surface area contributed by atoms with Gasteiger partial charge in [-0.15, -0.1) is 0 Å². The Labute approximate surface area is 152 Å². The Hall–Kier alpha value is -1.39. The number of nitrogens with zero attached hydrogens (tertiary/aromatic N) is 1. The van der Waals surface area contributed by atoms with Crippen LogP contribution in [0.15, 0.2) is 30.3 Å².